The molecule has 1 fully saturated rings. The maximum absolute atomic E-state index is 3.87. The third-order valence-corrected chi connectivity index (χ3v) is 2.54. The van der Waals surface area contributed by atoms with Gasteiger partial charge in [-0.25, -0.2) is 0 Å². The standard InChI is InChI=1S/C9H16N4/c1-13-9(7-11-12-13)6-10-5-4-8-2-3-8/h7-8,10H,2-6H2,1H3. The van der Waals surface area contributed by atoms with Crippen LogP contribution in [0.5, 0.6) is 0 Å². The van der Waals surface area contributed by atoms with Crippen LogP contribution in [0.4, 0.5) is 0 Å². The predicted octanol–water partition coefficient (Wildman–Crippen LogP) is 0.705. The van der Waals surface area contributed by atoms with Crippen LogP contribution >= 0.6 is 0 Å². The Morgan fingerprint density at radius 1 is 1.62 bits per heavy atom. The Bertz CT molecular complexity index is 264. The smallest absolute Gasteiger partial charge is 0.0738 e. The Hall–Kier alpha value is -0.900. The molecule has 0 unspecified atom stereocenters. The molecule has 4 heteroatoms. The van der Waals surface area contributed by atoms with Crippen molar-refractivity contribution in [2.24, 2.45) is 13.0 Å². The van der Waals surface area contributed by atoms with E-state index in [0.717, 1.165) is 24.7 Å². The first-order valence-electron chi connectivity index (χ1n) is 4.90. The molecule has 1 aromatic rings. The summed E-state index contributed by atoms with van der Waals surface area (Å²) in [7, 11) is 1.92. The maximum atomic E-state index is 3.87. The van der Waals surface area contributed by atoms with Gasteiger partial charge in [-0.2, -0.15) is 0 Å². The molecule has 1 N–H and O–H groups in total. The van der Waals surface area contributed by atoms with Crippen LogP contribution in [-0.2, 0) is 13.6 Å². The fraction of sp³-hybridized carbons (Fsp3) is 0.778. The van der Waals surface area contributed by atoms with E-state index in [1.54, 1.807) is 0 Å². The second kappa shape index (κ2) is 3.87. The second-order valence-electron chi connectivity index (χ2n) is 3.76. The molecule has 1 heterocycles. The van der Waals surface area contributed by atoms with Crippen molar-refractivity contribution in [2.75, 3.05) is 6.54 Å². The molecule has 0 saturated heterocycles. The molecular formula is C9H16N4. The minimum absolute atomic E-state index is 0.885. The van der Waals surface area contributed by atoms with E-state index in [2.05, 4.69) is 15.6 Å². The van der Waals surface area contributed by atoms with Gasteiger partial charge in [0, 0.05) is 13.6 Å². The number of aromatic nitrogens is 3. The first-order chi connectivity index (χ1) is 6.36. The van der Waals surface area contributed by atoms with Gasteiger partial charge in [-0.3, -0.25) is 4.68 Å². The van der Waals surface area contributed by atoms with Gasteiger partial charge in [0.1, 0.15) is 0 Å². The third-order valence-electron chi connectivity index (χ3n) is 2.54. The molecule has 0 radical (unpaired) electrons. The minimum Gasteiger partial charge on any atom is -0.311 e. The van der Waals surface area contributed by atoms with Crippen LogP contribution < -0.4 is 5.32 Å². The van der Waals surface area contributed by atoms with Crippen molar-refractivity contribution in [3.8, 4) is 0 Å². The molecule has 0 bridgehead atoms. The van der Waals surface area contributed by atoms with Crippen LogP contribution in [0.2, 0.25) is 0 Å². The number of hydrogen-bond donors (Lipinski definition) is 1. The highest BCUT2D eigenvalue weighted by Crippen LogP contribution is 2.31. The van der Waals surface area contributed by atoms with Crippen LogP contribution in [0.15, 0.2) is 6.20 Å². The van der Waals surface area contributed by atoms with Crippen molar-refractivity contribution < 1.29 is 0 Å². The lowest BCUT2D eigenvalue weighted by molar-refractivity contribution is 0.581. The lowest BCUT2D eigenvalue weighted by Crippen LogP contribution is -2.17. The fourth-order valence-electron chi connectivity index (χ4n) is 1.40. The third kappa shape index (κ3) is 2.52. The lowest BCUT2D eigenvalue weighted by Gasteiger charge is -2.02. The molecular weight excluding hydrogens is 164 g/mol. The zero-order chi connectivity index (χ0) is 9.10. The van der Waals surface area contributed by atoms with Crippen LogP contribution in [0.25, 0.3) is 0 Å². The number of rotatable bonds is 5. The molecule has 4 nitrogen and oxygen atoms in total. The predicted molar refractivity (Wildman–Crippen MR) is 50.1 cm³/mol. The summed E-state index contributed by atoms with van der Waals surface area (Å²) in [6, 6.07) is 0. The van der Waals surface area contributed by atoms with Crippen molar-refractivity contribution in [1.29, 1.82) is 0 Å². The molecule has 1 aromatic heterocycles. The van der Waals surface area contributed by atoms with E-state index in [0.29, 0.717) is 0 Å². The summed E-state index contributed by atoms with van der Waals surface area (Å²) in [6.45, 7) is 2.01. The Morgan fingerprint density at radius 3 is 3.08 bits per heavy atom. The molecule has 0 atom stereocenters. The minimum atomic E-state index is 0.885. The normalized spacial score (nSPS) is 16.4. The highest BCUT2D eigenvalue weighted by atomic mass is 15.4. The lowest BCUT2D eigenvalue weighted by atomic mass is 10.3. The van der Waals surface area contributed by atoms with Crippen LogP contribution in [-0.4, -0.2) is 21.5 Å². The van der Waals surface area contributed by atoms with Crippen LogP contribution in [0, 0.1) is 5.92 Å². The van der Waals surface area contributed by atoms with Gasteiger partial charge < -0.3 is 5.32 Å². The highest BCUT2D eigenvalue weighted by Gasteiger charge is 2.19. The summed E-state index contributed by atoms with van der Waals surface area (Å²) in [5.41, 5.74) is 1.15. The van der Waals surface area contributed by atoms with Gasteiger partial charge in [0.15, 0.2) is 0 Å². The summed E-state index contributed by atoms with van der Waals surface area (Å²) < 4.78 is 1.81. The molecule has 1 aliphatic carbocycles. The highest BCUT2D eigenvalue weighted by molar-refractivity contribution is 4.92. The molecule has 0 aliphatic heterocycles. The van der Waals surface area contributed by atoms with E-state index in [1.165, 1.54) is 19.3 Å². The molecule has 1 saturated carbocycles. The summed E-state index contributed by atoms with van der Waals surface area (Å²) in [4.78, 5) is 0. The number of aryl methyl sites for hydroxylation is 1. The van der Waals surface area contributed by atoms with E-state index in [9.17, 15) is 0 Å². The van der Waals surface area contributed by atoms with Crippen LogP contribution in [0.3, 0.4) is 0 Å². The monoisotopic (exact) mass is 180 g/mol. The van der Waals surface area contributed by atoms with Gasteiger partial charge >= 0.3 is 0 Å². The Kier molecular flexibility index (Phi) is 2.59. The molecule has 0 amide bonds. The zero-order valence-electron chi connectivity index (χ0n) is 8.03. The Balaban J connectivity index is 1.64. The van der Waals surface area contributed by atoms with E-state index < -0.39 is 0 Å². The van der Waals surface area contributed by atoms with Gasteiger partial charge in [0.25, 0.3) is 0 Å². The van der Waals surface area contributed by atoms with Crippen molar-refractivity contribution in [3.05, 3.63) is 11.9 Å². The van der Waals surface area contributed by atoms with Crippen LogP contribution in [0.1, 0.15) is 25.0 Å². The van der Waals surface area contributed by atoms with Crippen molar-refractivity contribution in [1.82, 2.24) is 20.3 Å². The average Bonchev–Trinajstić information content (AvgIpc) is 2.86. The second-order valence-corrected chi connectivity index (χ2v) is 3.76. The molecule has 1 aliphatic rings. The largest absolute Gasteiger partial charge is 0.311 e. The van der Waals surface area contributed by atoms with Gasteiger partial charge in [0.05, 0.1) is 11.9 Å². The number of hydrogen-bond acceptors (Lipinski definition) is 3. The SMILES string of the molecule is Cn1nncc1CNCCC1CC1. The summed E-state index contributed by atoms with van der Waals surface area (Å²) >= 11 is 0. The van der Waals surface area contributed by atoms with E-state index >= 15 is 0 Å². The first-order valence-corrected chi connectivity index (χ1v) is 4.90. The zero-order valence-corrected chi connectivity index (χ0v) is 8.03. The molecule has 2 rings (SSSR count). The van der Waals surface area contributed by atoms with E-state index in [-0.39, 0.29) is 0 Å². The molecule has 0 spiro atoms. The summed E-state index contributed by atoms with van der Waals surface area (Å²) in [6.07, 6.45) is 6.01. The van der Waals surface area contributed by atoms with Gasteiger partial charge in [0.2, 0.25) is 0 Å². The topological polar surface area (TPSA) is 42.7 Å². The maximum Gasteiger partial charge on any atom is 0.0738 e. The van der Waals surface area contributed by atoms with E-state index in [4.69, 9.17) is 0 Å². The Labute approximate surface area is 78.3 Å². The summed E-state index contributed by atoms with van der Waals surface area (Å²) in [5.74, 6) is 1.01. The van der Waals surface area contributed by atoms with Crippen molar-refractivity contribution in [2.45, 2.75) is 25.8 Å². The van der Waals surface area contributed by atoms with Crippen molar-refractivity contribution >= 4 is 0 Å². The quantitative estimate of drug-likeness (QED) is 0.678. The number of nitrogens with zero attached hydrogens (tertiary/aromatic N) is 3. The average molecular weight is 180 g/mol. The number of nitrogens with one attached hydrogen (secondary N) is 1. The van der Waals surface area contributed by atoms with Gasteiger partial charge in [-0.15, -0.1) is 5.10 Å². The van der Waals surface area contributed by atoms with Gasteiger partial charge in [-0.1, -0.05) is 18.1 Å². The first kappa shape index (κ1) is 8.69. The molecule has 13 heavy (non-hydrogen) atoms. The van der Waals surface area contributed by atoms with E-state index in [1.807, 2.05) is 17.9 Å². The fourth-order valence-corrected chi connectivity index (χ4v) is 1.40. The summed E-state index contributed by atoms with van der Waals surface area (Å²) in [5, 5.41) is 11.1. The van der Waals surface area contributed by atoms with Crippen molar-refractivity contribution in [3.63, 3.8) is 0 Å². The molecule has 0 aromatic carbocycles. The van der Waals surface area contributed by atoms with Gasteiger partial charge in [-0.05, 0) is 18.9 Å². The molecule has 72 valence electrons. The Morgan fingerprint density at radius 2 is 2.46 bits per heavy atom.